The molecule has 1 fully saturated rings. The predicted molar refractivity (Wildman–Crippen MR) is 92.4 cm³/mol. The summed E-state index contributed by atoms with van der Waals surface area (Å²) in [5, 5.41) is 2.64. The van der Waals surface area contributed by atoms with Crippen LogP contribution >= 0.6 is 11.8 Å². The first-order valence-corrected chi connectivity index (χ1v) is 9.09. The maximum Gasteiger partial charge on any atom is 0.133 e. The van der Waals surface area contributed by atoms with Gasteiger partial charge < -0.3 is 4.74 Å². The zero-order valence-electron chi connectivity index (χ0n) is 13.0. The van der Waals surface area contributed by atoms with Crippen LogP contribution in [0.15, 0.2) is 41.3 Å². The third-order valence-corrected chi connectivity index (χ3v) is 5.39. The summed E-state index contributed by atoms with van der Waals surface area (Å²) >= 11 is 1.95. The van der Waals surface area contributed by atoms with Gasteiger partial charge in [0, 0.05) is 0 Å². The van der Waals surface area contributed by atoms with Gasteiger partial charge in [-0.3, -0.25) is 0 Å². The van der Waals surface area contributed by atoms with Crippen molar-refractivity contribution in [2.45, 2.75) is 50.5 Å². The number of rotatable bonds is 7. The molecule has 0 bridgehead atoms. The molecule has 21 heavy (non-hydrogen) atoms. The van der Waals surface area contributed by atoms with Crippen molar-refractivity contribution >= 4 is 22.5 Å². The molecule has 0 aromatic heterocycles. The van der Waals surface area contributed by atoms with Crippen LogP contribution in [0.1, 0.15) is 39.5 Å². The number of ether oxygens (including phenoxy) is 1. The molecule has 112 valence electrons. The summed E-state index contributed by atoms with van der Waals surface area (Å²) in [6.07, 6.45) is 5.50. The molecule has 0 spiro atoms. The minimum atomic E-state index is 0.344. The molecule has 0 heterocycles. The standard InChI is InChI=1S/C19H24OS/c1-3-4-13-21-19-17-8-6-5-7-16(17)11-12-18(19)20-14(2)15-9-10-15/h5-8,11-12,14-15H,3-4,9-10,13H2,1-2H3. The molecule has 1 nitrogen and oxygen atoms in total. The molecule has 0 aliphatic heterocycles. The zero-order chi connectivity index (χ0) is 14.7. The van der Waals surface area contributed by atoms with E-state index in [9.17, 15) is 0 Å². The van der Waals surface area contributed by atoms with E-state index >= 15 is 0 Å². The van der Waals surface area contributed by atoms with Crippen molar-refractivity contribution in [3.63, 3.8) is 0 Å². The number of benzene rings is 2. The lowest BCUT2D eigenvalue weighted by Crippen LogP contribution is -2.14. The fourth-order valence-corrected chi connectivity index (χ4v) is 3.88. The summed E-state index contributed by atoms with van der Waals surface area (Å²) in [7, 11) is 0. The fourth-order valence-electron chi connectivity index (χ4n) is 2.65. The van der Waals surface area contributed by atoms with Gasteiger partial charge in [0.1, 0.15) is 5.75 Å². The van der Waals surface area contributed by atoms with E-state index in [-0.39, 0.29) is 0 Å². The Hall–Kier alpha value is -1.15. The molecule has 1 aliphatic carbocycles. The van der Waals surface area contributed by atoms with E-state index in [0.29, 0.717) is 6.10 Å². The predicted octanol–water partition coefficient (Wildman–Crippen LogP) is 5.91. The lowest BCUT2D eigenvalue weighted by atomic mass is 10.1. The first-order valence-electron chi connectivity index (χ1n) is 8.10. The Morgan fingerprint density at radius 1 is 1.19 bits per heavy atom. The Morgan fingerprint density at radius 2 is 2.00 bits per heavy atom. The van der Waals surface area contributed by atoms with E-state index in [4.69, 9.17) is 4.74 Å². The van der Waals surface area contributed by atoms with Crippen LogP contribution < -0.4 is 4.74 Å². The first-order chi connectivity index (χ1) is 10.3. The minimum absolute atomic E-state index is 0.344. The third-order valence-electron chi connectivity index (χ3n) is 4.19. The van der Waals surface area contributed by atoms with E-state index in [1.165, 1.54) is 47.1 Å². The number of fused-ring (bicyclic) bond motifs is 1. The molecule has 0 radical (unpaired) electrons. The average molecular weight is 300 g/mol. The van der Waals surface area contributed by atoms with Crippen LogP contribution in [0.3, 0.4) is 0 Å². The van der Waals surface area contributed by atoms with E-state index in [0.717, 1.165) is 11.7 Å². The molecule has 1 aliphatic rings. The van der Waals surface area contributed by atoms with Crippen molar-refractivity contribution in [2.75, 3.05) is 5.75 Å². The van der Waals surface area contributed by atoms with Crippen LogP contribution in [0.2, 0.25) is 0 Å². The number of hydrogen-bond acceptors (Lipinski definition) is 2. The van der Waals surface area contributed by atoms with Crippen molar-refractivity contribution in [1.82, 2.24) is 0 Å². The molecule has 2 aromatic carbocycles. The zero-order valence-corrected chi connectivity index (χ0v) is 13.8. The first kappa shape index (κ1) is 14.8. The summed E-state index contributed by atoms with van der Waals surface area (Å²) in [6, 6.07) is 13.0. The van der Waals surface area contributed by atoms with Gasteiger partial charge in [-0.25, -0.2) is 0 Å². The van der Waals surface area contributed by atoms with Crippen LogP contribution in [0, 0.1) is 5.92 Å². The van der Waals surface area contributed by atoms with Crippen LogP contribution in [-0.4, -0.2) is 11.9 Å². The van der Waals surface area contributed by atoms with Crippen molar-refractivity contribution < 1.29 is 4.74 Å². The lowest BCUT2D eigenvalue weighted by Gasteiger charge is -2.18. The van der Waals surface area contributed by atoms with Gasteiger partial charge in [0.05, 0.1) is 11.0 Å². The van der Waals surface area contributed by atoms with Crippen molar-refractivity contribution in [1.29, 1.82) is 0 Å². The minimum Gasteiger partial charge on any atom is -0.489 e. The van der Waals surface area contributed by atoms with Crippen molar-refractivity contribution in [2.24, 2.45) is 5.92 Å². The average Bonchev–Trinajstić information content (AvgIpc) is 3.34. The van der Waals surface area contributed by atoms with Gasteiger partial charge in [0.25, 0.3) is 0 Å². The van der Waals surface area contributed by atoms with Gasteiger partial charge in [-0.05, 0) is 54.7 Å². The summed E-state index contributed by atoms with van der Waals surface area (Å²) in [6.45, 7) is 4.46. The molecule has 2 aromatic rings. The molecule has 0 amide bonds. The Kier molecular flexibility index (Phi) is 4.74. The summed E-state index contributed by atoms with van der Waals surface area (Å²) < 4.78 is 6.29. The second-order valence-corrected chi connectivity index (χ2v) is 7.08. The van der Waals surface area contributed by atoms with Crippen molar-refractivity contribution in [3.8, 4) is 5.75 Å². The second kappa shape index (κ2) is 6.74. The van der Waals surface area contributed by atoms with Crippen LogP contribution in [-0.2, 0) is 0 Å². The van der Waals surface area contributed by atoms with Crippen molar-refractivity contribution in [3.05, 3.63) is 36.4 Å². The third kappa shape index (κ3) is 3.55. The van der Waals surface area contributed by atoms with Crippen LogP contribution in [0.4, 0.5) is 0 Å². The largest absolute Gasteiger partial charge is 0.489 e. The lowest BCUT2D eigenvalue weighted by molar-refractivity contribution is 0.194. The Labute approximate surface area is 132 Å². The Bertz CT molecular complexity index is 604. The number of thioether (sulfide) groups is 1. The van der Waals surface area contributed by atoms with Gasteiger partial charge in [-0.1, -0.05) is 43.7 Å². The normalized spacial score (nSPS) is 16.1. The highest BCUT2D eigenvalue weighted by atomic mass is 32.2. The number of unbranched alkanes of at least 4 members (excludes halogenated alkanes) is 1. The second-order valence-electron chi connectivity index (χ2n) is 5.98. The van der Waals surface area contributed by atoms with Gasteiger partial charge in [-0.2, -0.15) is 0 Å². The highest BCUT2D eigenvalue weighted by molar-refractivity contribution is 7.99. The van der Waals surface area contributed by atoms with E-state index < -0.39 is 0 Å². The summed E-state index contributed by atoms with van der Waals surface area (Å²) in [4.78, 5) is 1.33. The molecule has 1 unspecified atom stereocenters. The number of hydrogen-bond donors (Lipinski definition) is 0. The molecule has 1 atom stereocenters. The molecule has 2 heteroatoms. The smallest absolute Gasteiger partial charge is 0.133 e. The van der Waals surface area contributed by atoms with Crippen LogP contribution in [0.5, 0.6) is 5.75 Å². The molecular formula is C19H24OS. The molecule has 0 N–H and O–H groups in total. The maximum atomic E-state index is 6.29. The van der Waals surface area contributed by atoms with E-state index in [1.54, 1.807) is 0 Å². The van der Waals surface area contributed by atoms with E-state index in [1.807, 2.05) is 11.8 Å². The fraction of sp³-hybridized carbons (Fsp3) is 0.474. The SMILES string of the molecule is CCCCSc1c(OC(C)C2CC2)ccc2ccccc12. The van der Waals surface area contributed by atoms with Crippen LogP contribution in [0.25, 0.3) is 10.8 Å². The quantitative estimate of drug-likeness (QED) is 0.464. The molecular weight excluding hydrogens is 276 g/mol. The van der Waals surface area contributed by atoms with Gasteiger partial charge in [0.15, 0.2) is 0 Å². The van der Waals surface area contributed by atoms with E-state index in [2.05, 4.69) is 50.2 Å². The highest BCUT2D eigenvalue weighted by Gasteiger charge is 2.30. The van der Waals surface area contributed by atoms with Gasteiger partial charge in [0.2, 0.25) is 0 Å². The van der Waals surface area contributed by atoms with Gasteiger partial charge >= 0.3 is 0 Å². The molecule has 0 saturated heterocycles. The summed E-state index contributed by atoms with van der Waals surface area (Å²) in [5.41, 5.74) is 0. The Balaban J connectivity index is 1.90. The topological polar surface area (TPSA) is 9.23 Å². The van der Waals surface area contributed by atoms with Gasteiger partial charge in [-0.15, -0.1) is 11.8 Å². The highest BCUT2D eigenvalue weighted by Crippen LogP contribution is 2.40. The Morgan fingerprint density at radius 3 is 2.76 bits per heavy atom. The summed E-state index contributed by atoms with van der Waals surface area (Å²) in [5.74, 6) is 3.01. The molecule has 1 saturated carbocycles. The molecule has 3 rings (SSSR count). The monoisotopic (exact) mass is 300 g/mol. The maximum absolute atomic E-state index is 6.29.